The van der Waals surface area contributed by atoms with Gasteiger partial charge in [0.05, 0.1) is 10.6 Å². The minimum atomic E-state index is -4.16. The molecule has 4 rings (SSSR count). The average molecular weight is 632 g/mol. The Morgan fingerprint density at radius 3 is 1.98 bits per heavy atom. The number of hydrogen-bond acceptors (Lipinski definition) is 4. The molecule has 0 fully saturated rings. The Kier molecular flexibility index (Phi) is 10.8. The predicted molar refractivity (Wildman–Crippen MR) is 176 cm³/mol. The van der Waals surface area contributed by atoms with E-state index in [0.29, 0.717) is 16.3 Å². The number of anilines is 1. The van der Waals surface area contributed by atoms with Gasteiger partial charge >= 0.3 is 0 Å². The molecule has 4 aromatic carbocycles. The van der Waals surface area contributed by atoms with E-state index in [1.165, 1.54) is 17.0 Å². The van der Waals surface area contributed by atoms with Crippen molar-refractivity contribution in [2.24, 2.45) is 0 Å². The SMILES string of the molecule is Cc1cc(C)cc(N(CC(=O)N(Cc2ccccc2Cl)[C@@H](Cc2ccccc2)C(=O)NC(C)C)S(=O)(=O)c2ccccc2)c1. The van der Waals surface area contributed by atoms with Gasteiger partial charge in [0.2, 0.25) is 11.8 Å². The normalized spacial score (nSPS) is 12.0. The van der Waals surface area contributed by atoms with Gasteiger partial charge in [-0.05, 0) is 80.3 Å². The fourth-order valence-electron chi connectivity index (χ4n) is 5.09. The van der Waals surface area contributed by atoms with Crippen molar-refractivity contribution in [3.8, 4) is 0 Å². The van der Waals surface area contributed by atoms with E-state index in [4.69, 9.17) is 11.6 Å². The highest BCUT2D eigenvalue weighted by Gasteiger charge is 2.35. The molecule has 0 aliphatic carbocycles. The van der Waals surface area contributed by atoms with E-state index in [-0.39, 0.29) is 29.8 Å². The maximum absolute atomic E-state index is 14.5. The number of carbonyl (C=O) groups is 2. The molecule has 44 heavy (non-hydrogen) atoms. The molecule has 0 aromatic heterocycles. The number of nitrogens with zero attached hydrogens (tertiary/aromatic N) is 2. The van der Waals surface area contributed by atoms with Crippen molar-refractivity contribution >= 4 is 39.1 Å². The Bertz CT molecular complexity index is 1680. The van der Waals surface area contributed by atoms with Crippen LogP contribution in [0.4, 0.5) is 5.69 Å². The smallest absolute Gasteiger partial charge is 0.264 e. The molecule has 0 aliphatic rings. The molecule has 0 radical (unpaired) electrons. The minimum absolute atomic E-state index is 0.00753. The molecule has 0 bridgehead atoms. The highest BCUT2D eigenvalue weighted by molar-refractivity contribution is 7.92. The minimum Gasteiger partial charge on any atom is -0.352 e. The van der Waals surface area contributed by atoms with Gasteiger partial charge < -0.3 is 10.2 Å². The van der Waals surface area contributed by atoms with E-state index in [2.05, 4.69) is 5.32 Å². The molecule has 1 atom stereocenters. The molecular formula is C35H38ClN3O4S. The number of benzene rings is 4. The van der Waals surface area contributed by atoms with Crippen LogP contribution in [0.1, 0.15) is 36.1 Å². The van der Waals surface area contributed by atoms with Gasteiger partial charge in [0, 0.05) is 24.0 Å². The Morgan fingerprint density at radius 2 is 1.39 bits per heavy atom. The molecule has 0 unspecified atom stereocenters. The number of amides is 2. The van der Waals surface area contributed by atoms with E-state index in [1.54, 1.807) is 48.5 Å². The molecule has 7 nitrogen and oxygen atoms in total. The molecule has 0 aliphatic heterocycles. The summed E-state index contributed by atoms with van der Waals surface area (Å²) in [5.41, 5.74) is 3.57. The number of hydrogen-bond donors (Lipinski definition) is 1. The summed E-state index contributed by atoms with van der Waals surface area (Å²) in [7, 11) is -4.16. The lowest BCUT2D eigenvalue weighted by Gasteiger charge is -2.34. The fourth-order valence-corrected chi connectivity index (χ4v) is 6.70. The second kappa shape index (κ2) is 14.6. The van der Waals surface area contributed by atoms with Crippen molar-refractivity contribution in [2.75, 3.05) is 10.8 Å². The van der Waals surface area contributed by atoms with Crippen molar-refractivity contribution in [3.05, 3.63) is 130 Å². The predicted octanol–water partition coefficient (Wildman–Crippen LogP) is 6.32. The summed E-state index contributed by atoms with van der Waals surface area (Å²) in [6.45, 7) is 6.94. The highest BCUT2D eigenvalue weighted by atomic mass is 35.5. The van der Waals surface area contributed by atoms with Crippen LogP contribution in [0.2, 0.25) is 5.02 Å². The third-order valence-corrected chi connectivity index (χ3v) is 9.26. The summed E-state index contributed by atoms with van der Waals surface area (Å²) in [6, 6.07) is 28.9. The van der Waals surface area contributed by atoms with Crippen LogP contribution < -0.4 is 9.62 Å². The molecule has 0 heterocycles. The average Bonchev–Trinajstić information content (AvgIpc) is 2.98. The molecule has 2 amide bonds. The van der Waals surface area contributed by atoms with Crippen LogP contribution >= 0.6 is 11.6 Å². The molecule has 0 saturated carbocycles. The van der Waals surface area contributed by atoms with Gasteiger partial charge in [0.1, 0.15) is 12.6 Å². The second-order valence-corrected chi connectivity index (χ2v) is 13.4. The largest absolute Gasteiger partial charge is 0.352 e. The first-order chi connectivity index (χ1) is 21.0. The number of aryl methyl sites for hydroxylation is 2. The molecular weight excluding hydrogens is 594 g/mol. The number of carbonyl (C=O) groups excluding carboxylic acids is 2. The van der Waals surface area contributed by atoms with Gasteiger partial charge in [-0.3, -0.25) is 13.9 Å². The maximum Gasteiger partial charge on any atom is 0.264 e. The third-order valence-electron chi connectivity index (χ3n) is 7.11. The Hall–Kier alpha value is -4.14. The van der Waals surface area contributed by atoms with Crippen LogP contribution in [-0.4, -0.2) is 43.8 Å². The van der Waals surface area contributed by atoms with Crippen molar-refractivity contribution in [2.45, 2.75) is 57.6 Å². The van der Waals surface area contributed by atoms with E-state index >= 15 is 0 Å². The van der Waals surface area contributed by atoms with Crippen LogP contribution in [-0.2, 0) is 32.6 Å². The molecule has 1 N–H and O–H groups in total. The molecule has 0 saturated heterocycles. The van der Waals surface area contributed by atoms with Crippen LogP contribution in [0.15, 0.2) is 108 Å². The zero-order valence-electron chi connectivity index (χ0n) is 25.4. The summed E-state index contributed by atoms with van der Waals surface area (Å²) in [4.78, 5) is 29.8. The number of halogens is 1. The second-order valence-electron chi connectivity index (χ2n) is 11.2. The maximum atomic E-state index is 14.5. The van der Waals surface area contributed by atoms with E-state index in [1.807, 2.05) is 70.2 Å². The first-order valence-electron chi connectivity index (χ1n) is 14.5. The van der Waals surface area contributed by atoms with E-state index in [0.717, 1.165) is 21.0 Å². The van der Waals surface area contributed by atoms with Crippen LogP contribution in [0, 0.1) is 13.8 Å². The van der Waals surface area contributed by atoms with Crippen molar-refractivity contribution < 1.29 is 18.0 Å². The molecule has 4 aromatic rings. The van der Waals surface area contributed by atoms with E-state index in [9.17, 15) is 18.0 Å². The number of nitrogens with one attached hydrogen (secondary N) is 1. The first kappa shape index (κ1) is 32.8. The van der Waals surface area contributed by atoms with Gasteiger partial charge in [0.25, 0.3) is 10.0 Å². The monoisotopic (exact) mass is 631 g/mol. The van der Waals surface area contributed by atoms with Gasteiger partial charge in [-0.25, -0.2) is 8.42 Å². The zero-order chi connectivity index (χ0) is 31.9. The Morgan fingerprint density at radius 1 is 0.818 bits per heavy atom. The summed E-state index contributed by atoms with van der Waals surface area (Å²) in [5, 5.41) is 3.40. The van der Waals surface area contributed by atoms with Crippen LogP contribution in [0.25, 0.3) is 0 Å². The molecule has 0 spiro atoms. The third kappa shape index (κ3) is 8.27. The summed E-state index contributed by atoms with van der Waals surface area (Å²) < 4.78 is 29.4. The summed E-state index contributed by atoms with van der Waals surface area (Å²) in [6.07, 6.45) is 0.227. The quantitative estimate of drug-likeness (QED) is 0.198. The van der Waals surface area contributed by atoms with Gasteiger partial charge in [0.15, 0.2) is 0 Å². The van der Waals surface area contributed by atoms with Crippen LogP contribution in [0.5, 0.6) is 0 Å². The van der Waals surface area contributed by atoms with Crippen LogP contribution in [0.3, 0.4) is 0 Å². The first-order valence-corrected chi connectivity index (χ1v) is 16.3. The zero-order valence-corrected chi connectivity index (χ0v) is 27.0. The van der Waals surface area contributed by atoms with Gasteiger partial charge in [-0.1, -0.05) is 84.4 Å². The number of sulfonamides is 1. The van der Waals surface area contributed by atoms with Crippen molar-refractivity contribution in [1.82, 2.24) is 10.2 Å². The fraction of sp³-hybridized carbons (Fsp3) is 0.257. The van der Waals surface area contributed by atoms with Gasteiger partial charge in [-0.2, -0.15) is 0 Å². The highest BCUT2D eigenvalue weighted by Crippen LogP contribution is 2.27. The summed E-state index contributed by atoms with van der Waals surface area (Å²) >= 11 is 6.55. The lowest BCUT2D eigenvalue weighted by molar-refractivity contribution is -0.140. The van der Waals surface area contributed by atoms with Gasteiger partial charge in [-0.15, -0.1) is 0 Å². The number of rotatable bonds is 12. The standard InChI is InChI=1S/C35H38ClN3O4S/c1-25(2)37-35(41)33(22-28-13-7-5-8-14-28)38(23-29-15-11-12-18-32(29)36)34(40)24-39(30-20-26(3)19-27(4)21-30)44(42,43)31-16-9-6-10-17-31/h5-21,25,33H,22-24H2,1-4H3,(H,37,41)/t33-/m0/s1. The topological polar surface area (TPSA) is 86.8 Å². The van der Waals surface area contributed by atoms with Crippen molar-refractivity contribution in [1.29, 1.82) is 0 Å². The lowest BCUT2D eigenvalue weighted by Crippen LogP contribution is -2.54. The molecule has 230 valence electrons. The van der Waals surface area contributed by atoms with E-state index < -0.39 is 28.5 Å². The summed E-state index contributed by atoms with van der Waals surface area (Å²) in [5.74, 6) is -0.878. The lowest BCUT2D eigenvalue weighted by atomic mass is 10.0. The van der Waals surface area contributed by atoms with Crippen molar-refractivity contribution in [3.63, 3.8) is 0 Å². The Balaban J connectivity index is 1.83. The Labute approximate surface area is 265 Å². The molecule has 9 heteroatoms.